The zero-order valence-corrected chi connectivity index (χ0v) is 9.85. The maximum atomic E-state index is 4.13. The highest BCUT2D eigenvalue weighted by molar-refractivity contribution is 9.10. The second-order valence-corrected chi connectivity index (χ2v) is 5.01. The van der Waals surface area contributed by atoms with Crippen LogP contribution < -0.4 is 5.32 Å². The quantitative estimate of drug-likeness (QED) is 0.806. The molecule has 2 nitrogen and oxygen atoms in total. The summed E-state index contributed by atoms with van der Waals surface area (Å²) in [4.78, 5) is 4.13. The number of nitrogens with zero attached hydrogens (tertiary/aromatic N) is 1. The van der Waals surface area contributed by atoms with Crippen LogP contribution in [0.4, 0.5) is 5.69 Å². The molecule has 1 aromatic heterocycles. The Morgan fingerprint density at radius 1 is 1.46 bits per heavy atom. The average Bonchev–Trinajstić information content (AvgIpc) is 2.01. The van der Waals surface area contributed by atoms with E-state index in [1.54, 1.807) is 6.20 Å². The van der Waals surface area contributed by atoms with Gasteiger partial charge in [0, 0.05) is 12.7 Å². The fourth-order valence-corrected chi connectivity index (χ4v) is 1.27. The van der Waals surface area contributed by atoms with Gasteiger partial charge in [0.15, 0.2) is 0 Å². The summed E-state index contributed by atoms with van der Waals surface area (Å²) in [6.07, 6.45) is 1.77. The minimum absolute atomic E-state index is 0.287. The van der Waals surface area contributed by atoms with Crippen LogP contribution in [0, 0.1) is 5.41 Å². The molecule has 0 spiro atoms. The van der Waals surface area contributed by atoms with Gasteiger partial charge in [-0.3, -0.25) is 0 Å². The standard InChI is InChI=1S/C10H15BrN2/c1-10(2,3)7-13-8-5-4-6-12-9(8)11/h4-6,13H,7H2,1-3H3. The molecule has 0 bridgehead atoms. The van der Waals surface area contributed by atoms with Crippen molar-refractivity contribution in [3.63, 3.8) is 0 Å². The van der Waals surface area contributed by atoms with Crippen molar-refractivity contribution in [2.45, 2.75) is 20.8 Å². The summed E-state index contributed by atoms with van der Waals surface area (Å²) in [7, 11) is 0. The molecule has 0 saturated carbocycles. The lowest BCUT2D eigenvalue weighted by Gasteiger charge is -2.19. The van der Waals surface area contributed by atoms with Crippen molar-refractivity contribution in [2.75, 3.05) is 11.9 Å². The number of anilines is 1. The number of pyridine rings is 1. The molecule has 0 radical (unpaired) electrons. The SMILES string of the molecule is CC(C)(C)CNc1cccnc1Br. The van der Waals surface area contributed by atoms with Crippen molar-refractivity contribution >= 4 is 21.6 Å². The Morgan fingerprint density at radius 2 is 2.15 bits per heavy atom. The Labute approximate surface area is 87.9 Å². The van der Waals surface area contributed by atoms with Crippen LogP contribution in [0.3, 0.4) is 0 Å². The van der Waals surface area contributed by atoms with E-state index in [0.29, 0.717) is 0 Å². The second kappa shape index (κ2) is 4.09. The van der Waals surface area contributed by atoms with Gasteiger partial charge in [-0.1, -0.05) is 20.8 Å². The van der Waals surface area contributed by atoms with Gasteiger partial charge >= 0.3 is 0 Å². The Balaban J connectivity index is 2.60. The predicted octanol–water partition coefficient (Wildman–Crippen LogP) is 3.30. The summed E-state index contributed by atoms with van der Waals surface area (Å²) in [6.45, 7) is 7.54. The molecule has 1 aromatic rings. The third kappa shape index (κ3) is 3.77. The Hall–Kier alpha value is -0.570. The monoisotopic (exact) mass is 242 g/mol. The molecule has 1 rings (SSSR count). The number of hydrogen-bond acceptors (Lipinski definition) is 2. The van der Waals surface area contributed by atoms with Gasteiger partial charge in [0.05, 0.1) is 5.69 Å². The van der Waals surface area contributed by atoms with Crippen molar-refractivity contribution in [2.24, 2.45) is 5.41 Å². The molecule has 13 heavy (non-hydrogen) atoms. The van der Waals surface area contributed by atoms with Crippen LogP contribution in [0.1, 0.15) is 20.8 Å². The first kappa shape index (κ1) is 10.5. The van der Waals surface area contributed by atoms with Crippen LogP contribution in [0.5, 0.6) is 0 Å². The van der Waals surface area contributed by atoms with Gasteiger partial charge < -0.3 is 5.32 Å². The Kier molecular flexibility index (Phi) is 3.31. The van der Waals surface area contributed by atoms with E-state index in [-0.39, 0.29) is 5.41 Å². The van der Waals surface area contributed by atoms with Gasteiger partial charge in [-0.2, -0.15) is 0 Å². The smallest absolute Gasteiger partial charge is 0.129 e. The summed E-state index contributed by atoms with van der Waals surface area (Å²) in [5.41, 5.74) is 1.34. The molecule has 0 fully saturated rings. The van der Waals surface area contributed by atoms with E-state index >= 15 is 0 Å². The van der Waals surface area contributed by atoms with Crippen LogP contribution in [-0.4, -0.2) is 11.5 Å². The van der Waals surface area contributed by atoms with E-state index in [2.05, 4.69) is 47.0 Å². The van der Waals surface area contributed by atoms with Gasteiger partial charge in [0.2, 0.25) is 0 Å². The highest BCUT2D eigenvalue weighted by Gasteiger charge is 2.10. The van der Waals surface area contributed by atoms with Gasteiger partial charge in [-0.25, -0.2) is 4.98 Å². The number of halogens is 1. The van der Waals surface area contributed by atoms with Gasteiger partial charge in [0.1, 0.15) is 4.60 Å². The van der Waals surface area contributed by atoms with Crippen LogP contribution in [-0.2, 0) is 0 Å². The van der Waals surface area contributed by atoms with Crippen molar-refractivity contribution in [1.29, 1.82) is 0 Å². The van der Waals surface area contributed by atoms with E-state index in [1.807, 2.05) is 12.1 Å². The maximum Gasteiger partial charge on any atom is 0.129 e. The fourth-order valence-electron chi connectivity index (χ4n) is 0.878. The molecular weight excluding hydrogens is 228 g/mol. The lowest BCUT2D eigenvalue weighted by atomic mass is 9.97. The molecule has 0 aliphatic rings. The van der Waals surface area contributed by atoms with Crippen LogP contribution in [0.15, 0.2) is 22.9 Å². The van der Waals surface area contributed by atoms with E-state index in [1.165, 1.54) is 0 Å². The lowest BCUT2D eigenvalue weighted by Crippen LogP contribution is -2.19. The molecular formula is C10H15BrN2. The van der Waals surface area contributed by atoms with E-state index in [4.69, 9.17) is 0 Å². The van der Waals surface area contributed by atoms with Crippen molar-refractivity contribution in [3.8, 4) is 0 Å². The first-order valence-corrected chi connectivity index (χ1v) is 5.13. The molecule has 0 aliphatic carbocycles. The fraction of sp³-hybridized carbons (Fsp3) is 0.500. The number of hydrogen-bond donors (Lipinski definition) is 1. The minimum Gasteiger partial charge on any atom is -0.382 e. The molecule has 1 heterocycles. The van der Waals surface area contributed by atoms with Gasteiger partial charge in [-0.05, 0) is 33.5 Å². The Bertz CT molecular complexity index is 278. The summed E-state index contributed by atoms with van der Waals surface area (Å²) in [5, 5.41) is 3.34. The van der Waals surface area contributed by atoms with Crippen LogP contribution in [0.2, 0.25) is 0 Å². The normalized spacial score (nSPS) is 11.4. The topological polar surface area (TPSA) is 24.9 Å². The molecule has 0 saturated heterocycles. The van der Waals surface area contributed by atoms with Gasteiger partial charge in [-0.15, -0.1) is 0 Å². The molecule has 0 aliphatic heterocycles. The largest absolute Gasteiger partial charge is 0.382 e. The highest BCUT2D eigenvalue weighted by Crippen LogP contribution is 2.21. The minimum atomic E-state index is 0.287. The van der Waals surface area contributed by atoms with Crippen LogP contribution in [0.25, 0.3) is 0 Å². The first-order chi connectivity index (χ1) is 5.99. The average molecular weight is 243 g/mol. The lowest BCUT2D eigenvalue weighted by molar-refractivity contribution is 0.443. The van der Waals surface area contributed by atoms with Crippen LogP contribution >= 0.6 is 15.9 Å². The van der Waals surface area contributed by atoms with Crippen molar-refractivity contribution in [1.82, 2.24) is 4.98 Å². The van der Waals surface area contributed by atoms with Crippen molar-refractivity contribution < 1.29 is 0 Å². The third-order valence-corrected chi connectivity index (χ3v) is 2.20. The summed E-state index contributed by atoms with van der Waals surface area (Å²) in [6, 6.07) is 3.94. The number of nitrogens with one attached hydrogen (secondary N) is 1. The first-order valence-electron chi connectivity index (χ1n) is 4.33. The summed E-state index contributed by atoms with van der Waals surface area (Å²) >= 11 is 3.39. The molecule has 0 aromatic carbocycles. The third-order valence-electron chi connectivity index (χ3n) is 1.57. The summed E-state index contributed by atoms with van der Waals surface area (Å²) in [5.74, 6) is 0. The molecule has 0 amide bonds. The number of aromatic nitrogens is 1. The predicted molar refractivity (Wildman–Crippen MR) is 59.9 cm³/mol. The molecule has 72 valence electrons. The summed E-state index contributed by atoms with van der Waals surface area (Å²) < 4.78 is 0.874. The van der Waals surface area contributed by atoms with E-state index < -0.39 is 0 Å². The second-order valence-electron chi connectivity index (χ2n) is 4.26. The van der Waals surface area contributed by atoms with Gasteiger partial charge in [0.25, 0.3) is 0 Å². The zero-order valence-electron chi connectivity index (χ0n) is 8.26. The molecule has 0 atom stereocenters. The van der Waals surface area contributed by atoms with E-state index in [9.17, 15) is 0 Å². The zero-order chi connectivity index (χ0) is 9.90. The highest BCUT2D eigenvalue weighted by atomic mass is 79.9. The Morgan fingerprint density at radius 3 is 2.69 bits per heavy atom. The maximum absolute atomic E-state index is 4.13. The molecule has 3 heteroatoms. The van der Waals surface area contributed by atoms with Crippen molar-refractivity contribution in [3.05, 3.63) is 22.9 Å². The number of rotatable bonds is 2. The molecule has 1 N–H and O–H groups in total. The molecule has 0 unspecified atom stereocenters. The van der Waals surface area contributed by atoms with E-state index in [0.717, 1.165) is 16.8 Å².